The van der Waals surface area contributed by atoms with Gasteiger partial charge in [-0.15, -0.1) is 11.6 Å². The van der Waals surface area contributed by atoms with Crippen LogP contribution < -0.4 is 0 Å². The molecule has 1 amide bonds. The van der Waals surface area contributed by atoms with Crippen LogP contribution in [0.2, 0.25) is 0 Å². The second-order valence-corrected chi connectivity index (χ2v) is 4.09. The van der Waals surface area contributed by atoms with Crippen molar-refractivity contribution in [2.24, 2.45) is 0 Å². The molecule has 76 valence electrons. The lowest BCUT2D eigenvalue weighted by Crippen LogP contribution is -2.28. The van der Waals surface area contributed by atoms with E-state index >= 15 is 0 Å². The van der Waals surface area contributed by atoms with Gasteiger partial charge < -0.3 is 9.42 Å². The van der Waals surface area contributed by atoms with Gasteiger partial charge in [-0.05, 0) is 13.3 Å². The first-order valence-corrected chi connectivity index (χ1v) is 4.97. The molecule has 0 aromatic carbocycles. The molecule has 1 atom stereocenters. The topological polar surface area (TPSA) is 46.3 Å². The van der Waals surface area contributed by atoms with Crippen molar-refractivity contribution < 1.29 is 9.32 Å². The molecule has 0 N–H and O–H groups in total. The molecule has 5 heteroatoms. The van der Waals surface area contributed by atoms with Crippen molar-refractivity contribution in [3.05, 3.63) is 17.5 Å². The summed E-state index contributed by atoms with van der Waals surface area (Å²) in [5.41, 5.74) is 0.718. The fourth-order valence-corrected chi connectivity index (χ4v) is 1.79. The predicted molar refractivity (Wildman–Crippen MR) is 51.4 cm³/mol. The number of rotatable bonds is 1. The molecule has 2 rings (SSSR count). The highest BCUT2D eigenvalue weighted by Gasteiger charge is 2.27. The van der Waals surface area contributed by atoms with Crippen LogP contribution in [0.5, 0.6) is 0 Å². The average molecular weight is 215 g/mol. The summed E-state index contributed by atoms with van der Waals surface area (Å²) in [6.45, 7) is 3.08. The van der Waals surface area contributed by atoms with E-state index < -0.39 is 0 Å². The smallest absolute Gasteiger partial charge is 0.292 e. The Kier molecular flexibility index (Phi) is 2.46. The summed E-state index contributed by atoms with van der Waals surface area (Å²) < 4.78 is 4.89. The molecule has 0 aliphatic carbocycles. The minimum atomic E-state index is -0.117. The molecular weight excluding hydrogens is 204 g/mol. The number of nitrogens with zero attached hydrogens (tertiary/aromatic N) is 2. The van der Waals surface area contributed by atoms with Gasteiger partial charge in [-0.25, -0.2) is 0 Å². The van der Waals surface area contributed by atoms with Gasteiger partial charge >= 0.3 is 0 Å². The molecular formula is C9H11ClN2O2. The first-order valence-electron chi connectivity index (χ1n) is 4.53. The van der Waals surface area contributed by atoms with Crippen molar-refractivity contribution in [2.75, 3.05) is 13.1 Å². The zero-order chi connectivity index (χ0) is 10.1. The Morgan fingerprint density at radius 2 is 2.57 bits per heavy atom. The molecule has 2 heterocycles. The van der Waals surface area contributed by atoms with Crippen LogP contribution >= 0.6 is 11.6 Å². The Morgan fingerprint density at radius 1 is 1.79 bits per heavy atom. The first kappa shape index (κ1) is 9.52. The summed E-state index contributed by atoms with van der Waals surface area (Å²) in [6, 6.07) is 1.64. The maximum atomic E-state index is 11.7. The van der Waals surface area contributed by atoms with Crippen LogP contribution in [0.4, 0.5) is 0 Å². The fraction of sp³-hybridized carbons (Fsp3) is 0.556. The number of alkyl halides is 1. The van der Waals surface area contributed by atoms with Crippen LogP contribution in [0.1, 0.15) is 22.7 Å². The van der Waals surface area contributed by atoms with E-state index in [9.17, 15) is 4.79 Å². The van der Waals surface area contributed by atoms with Crippen molar-refractivity contribution in [1.29, 1.82) is 0 Å². The number of halogens is 1. The van der Waals surface area contributed by atoms with Crippen molar-refractivity contribution in [3.63, 3.8) is 0 Å². The monoisotopic (exact) mass is 214 g/mol. The molecule has 1 aliphatic rings. The van der Waals surface area contributed by atoms with Crippen molar-refractivity contribution >= 4 is 17.5 Å². The quantitative estimate of drug-likeness (QED) is 0.665. The van der Waals surface area contributed by atoms with E-state index in [1.807, 2.05) is 0 Å². The second-order valence-electron chi connectivity index (χ2n) is 3.47. The van der Waals surface area contributed by atoms with Gasteiger partial charge in [-0.3, -0.25) is 4.79 Å². The Morgan fingerprint density at radius 3 is 3.07 bits per heavy atom. The summed E-state index contributed by atoms with van der Waals surface area (Å²) in [5, 5.41) is 3.74. The number of amides is 1. The molecule has 1 aliphatic heterocycles. The highest BCUT2D eigenvalue weighted by atomic mass is 35.5. The number of carbonyl (C=O) groups is 1. The van der Waals surface area contributed by atoms with Gasteiger partial charge in [0.05, 0.1) is 11.1 Å². The maximum absolute atomic E-state index is 11.7. The van der Waals surface area contributed by atoms with E-state index in [0.29, 0.717) is 18.8 Å². The summed E-state index contributed by atoms with van der Waals surface area (Å²) in [7, 11) is 0. The predicted octanol–water partition coefficient (Wildman–Crippen LogP) is 1.44. The zero-order valence-electron chi connectivity index (χ0n) is 7.86. The van der Waals surface area contributed by atoms with E-state index in [1.165, 1.54) is 0 Å². The summed E-state index contributed by atoms with van der Waals surface area (Å²) in [6.07, 6.45) is 0.848. The lowest BCUT2D eigenvalue weighted by atomic mass is 10.3. The van der Waals surface area contributed by atoms with E-state index in [1.54, 1.807) is 17.9 Å². The van der Waals surface area contributed by atoms with E-state index in [4.69, 9.17) is 16.1 Å². The molecule has 0 spiro atoms. The Bertz CT molecular complexity index is 350. The van der Waals surface area contributed by atoms with Gasteiger partial charge in [0.15, 0.2) is 0 Å². The standard InChI is InChI=1S/C9H11ClN2O2/c1-6-4-8(14-11-6)9(13)12-3-2-7(10)5-12/h4,7H,2-3,5H2,1H3. The molecule has 1 saturated heterocycles. The average Bonchev–Trinajstić information content (AvgIpc) is 2.73. The normalized spacial score (nSPS) is 21.6. The molecule has 1 fully saturated rings. The van der Waals surface area contributed by atoms with Crippen LogP contribution in [0.25, 0.3) is 0 Å². The van der Waals surface area contributed by atoms with Gasteiger partial charge in [-0.2, -0.15) is 0 Å². The third-order valence-electron chi connectivity index (χ3n) is 2.26. The van der Waals surface area contributed by atoms with Crippen molar-refractivity contribution in [2.45, 2.75) is 18.7 Å². The number of aryl methyl sites for hydroxylation is 1. The molecule has 1 aromatic rings. The zero-order valence-corrected chi connectivity index (χ0v) is 8.62. The van der Waals surface area contributed by atoms with Crippen molar-refractivity contribution in [3.8, 4) is 0 Å². The van der Waals surface area contributed by atoms with Gasteiger partial charge in [-0.1, -0.05) is 5.16 Å². The summed E-state index contributed by atoms with van der Waals surface area (Å²) >= 11 is 5.90. The lowest BCUT2D eigenvalue weighted by molar-refractivity contribution is 0.0751. The Balaban J connectivity index is 2.09. The van der Waals surface area contributed by atoms with E-state index in [0.717, 1.165) is 12.1 Å². The Labute approximate surface area is 86.8 Å². The fourth-order valence-electron chi connectivity index (χ4n) is 1.52. The van der Waals surface area contributed by atoms with E-state index in [-0.39, 0.29) is 11.3 Å². The van der Waals surface area contributed by atoms with Crippen LogP contribution in [0, 0.1) is 6.92 Å². The van der Waals surface area contributed by atoms with Gasteiger partial charge in [0.2, 0.25) is 5.76 Å². The highest BCUT2D eigenvalue weighted by molar-refractivity contribution is 6.21. The third-order valence-corrected chi connectivity index (χ3v) is 2.61. The summed E-state index contributed by atoms with van der Waals surface area (Å²) in [4.78, 5) is 13.4. The second kappa shape index (κ2) is 3.61. The maximum Gasteiger partial charge on any atom is 0.292 e. The third kappa shape index (κ3) is 1.75. The SMILES string of the molecule is Cc1cc(C(=O)N2CCC(Cl)C2)on1. The molecule has 1 unspecified atom stereocenters. The molecule has 0 saturated carbocycles. The number of carbonyl (C=O) groups excluding carboxylic acids is 1. The number of hydrogen-bond donors (Lipinski definition) is 0. The molecule has 0 radical (unpaired) electrons. The van der Waals surface area contributed by atoms with Crippen molar-refractivity contribution in [1.82, 2.24) is 10.1 Å². The van der Waals surface area contributed by atoms with Gasteiger partial charge in [0, 0.05) is 19.2 Å². The molecule has 4 nitrogen and oxygen atoms in total. The van der Waals surface area contributed by atoms with Crippen LogP contribution in [0.15, 0.2) is 10.6 Å². The minimum Gasteiger partial charge on any atom is -0.351 e. The largest absolute Gasteiger partial charge is 0.351 e. The number of aromatic nitrogens is 1. The molecule has 1 aromatic heterocycles. The highest BCUT2D eigenvalue weighted by Crippen LogP contribution is 2.17. The molecule has 0 bridgehead atoms. The van der Waals surface area contributed by atoms with Gasteiger partial charge in [0.25, 0.3) is 5.91 Å². The van der Waals surface area contributed by atoms with Gasteiger partial charge in [0.1, 0.15) is 0 Å². The number of likely N-dealkylation sites (tertiary alicyclic amines) is 1. The summed E-state index contributed by atoms with van der Waals surface area (Å²) in [5.74, 6) is 0.182. The number of hydrogen-bond acceptors (Lipinski definition) is 3. The van der Waals surface area contributed by atoms with Crippen LogP contribution in [0.3, 0.4) is 0 Å². The lowest BCUT2D eigenvalue weighted by Gasteiger charge is -2.12. The van der Waals surface area contributed by atoms with Crippen LogP contribution in [-0.2, 0) is 0 Å². The molecule has 14 heavy (non-hydrogen) atoms. The van der Waals surface area contributed by atoms with E-state index in [2.05, 4.69) is 5.16 Å². The minimum absolute atomic E-state index is 0.0722. The Hall–Kier alpha value is -1.03. The first-order chi connectivity index (χ1) is 6.66. The van der Waals surface area contributed by atoms with Crippen LogP contribution in [-0.4, -0.2) is 34.4 Å².